The van der Waals surface area contributed by atoms with E-state index in [0.717, 1.165) is 5.06 Å². The molecule has 0 aliphatic rings. The first-order chi connectivity index (χ1) is 10.1. The van der Waals surface area contributed by atoms with E-state index in [0.29, 0.717) is 17.1 Å². The van der Waals surface area contributed by atoms with Crippen molar-refractivity contribution in [2.45, 2.75) is 0 Å². The summed E-state index contributed by atoms with van der Waals surface area (Å²) in [7, 11) is 2.83. The van der Waals surface area contributed by atoms with Gasteiger partial charge in [-0.05, 0) is 24.3 Å². The number of amides is 1. The Morgan fingerprint density at radius 2 is 1.67 bits per heavy atom. The molecule has 0 aliphatic carbocycles. The third kappa shape index (κ3) is 3.46. The van der Waals surface area contributed by atoms with Gasteiger partial charge >= 0.3 is 0 Å². The van der Waals surface area contributed by atoms with E-state index < -0.39 is 5.91 Å². The lowest BCUT2D eigenvalue weighted by atomic mass is 10.1. The predicted molar refractivity (Wildman–Crippen MR) is 79.6 cm³/mol. The van der Waals surface area contributed by atoms with E-state index in [1.807, 2.05) is 30.3 Å². The van der Waals surface area contributed by atoms with Crippen LogP contribution in [0, 0.1) is 5.41 Å². The van der Waals surface area contributed by atoms with Crippen molar-refractivity contribution in [3.05, 3.63) is 60.2 Å². The highest BCUT2D eigenvalue weighted by atomic mass is 16.7. The van der Waals surface area contributed by atoms with Gasteiger partial charge in [0.15, 0.2) is 0 Å². The zero-order valence-corrected chi connectivity index (χ0v) is 11.9. The number of carbonyl (C=O) groups is 1. The standard InChI is InChI=1S/C16H16N2O3/c1-18(20-2)16(19)15(17)13-10-6-7-11-14(13)21-12-8-4-3-5-9-12/h3-11,17H,1-2H3. The number of hydroxylamine groups is 2. The molecule has 1 amide bonds. The van der Waals surface area contributed by atoms with Crippen LogP contribution >= 0.6 is 0 Å². The Bertz CT molecular complexity index is 641. The lowest BCUT2D eigenvalue weighted by Gasteiger charge is -2.16. The van der Waals surface area contributed by atoms with Crippen molar-refractivity contribution in [2.24, 2.45) is 0 Å². The summed E-state index contributed by atoms with van der Waals surface area (Å²) < 4.78 is 5.74. The number of rotatable bonds is 5. The lowest BCUT2D eigenvalue weighted by Crippen LogP contribution is -2.32. The number of hydrogen-bond acceptors (Lipinski definition) is 4. The highest BCUT2D eigenvalue weighted by Gasteiger charge is 2.20. The average molecular weight is 284 g/mol. The predicted octanol–water partition coefficient (Wildman–Crippen LogP) is 2.87. The van der Waals surface area contributed by atoms with E-state index in [4.69, 9.17) is 15.0 Å². The van der Waals surface area contributed by atoms with E-state index in [1.54, 1.807) is 24.3 Å². The van der Waals surface area contributed by atoms with Gasteiger partial charge in [-0.2, -0.15) is 0 Å². The Labute approximate surface area is 123 Å². The molecule has 0 bridgehead atoms. The minimum atomic E-state index is -0.540. The second kappa shape index (κ2) is 6.67. The summed E-state index contributed by atoms with van der Waals surface area (Å²) in [6.07, 6.45) is 0. The maximum atomic E-state index is 12.0. The fourth-order valence-corrected chi connectivity index (χ4v) is 1.73. The van der Waals surface area contributed by atoms with Gasteiger partial charge in [-0.3, -0.25) is 15.0 Å². The lowest BCUT2D eigenvalue weighted by molar-refractivity contribution is -0.160. The SMILES string of the molecule is CON(C)C(=O)C(=N)c1ccccc1Oc1ccccc1. The van der Waals surface area contributed by atoms with Gasteiger partial charge in [0.1, 0.15) is 17.2 Å². The van der Waals surface area contributed by atoms with Gasteiger partial charge in [0, 0.05) is 12.6 Å². The molecule has 0 aromatic heterocycles. The summed E-state index contributed by atoms with van der Waals surface area (Å²) in [5.41, 5.74) is 0.223. The number of hydrogen-bond donors (Lipinski definition) is 1. The van der Waals surface area contributed by atoms with E-state index in [-0.39, 0.29) is 5.71 Å². The summed E-state index contributed by atoms with van der Waals surface area (Å²) in [4.78, 5) is 16.8. The molecular weight excluding hydrogens is 268 g/mol. The van der Waals surface area contributed by atoms with Crippen LogP contribution in [0.1, 0.15) is 5.56 Å². The summed E-state index contributed by atoms with van der Waals surface area (Å²) in [5, 5.41) is 9.03. The second-order valence-electron chi connectivity index (χ2n) is 4.27. The highest BCUT2D eigenvalue weighted by Crippen LogP contribution is 2.25. The molecule has 108 valence electrons. The Kier molecular flexibility index (Phi) is 4.68. The van der Waals surface area contributed by atoms with Crippen LogP contribution in [-0.2, 0) is 9.63 Å². The molecule has 2 rings (SSSR count). The Hall–Kier alpha value is -2.66. The topological polar surface area (TPSA) is 62.6 Å². The number of para-hydroxylation sites is 2. The van der Waals surface area contributed by atoms with Crippen molar-refractivity contribution in [2.75, 3.05) is 14.2 Å². The monoisotopic (exact) mass is 284 g/mol. The van der Waals surface area contributed by atoms with Gasteiger partial charge in [-0.25, -0.2) is 5.06 Å². The Morgan fingerprint density at radius 1 is 1.05 bits per heavy atom. The van der Waals surface area contributed by atoms with Crippen molar-refractivity contribution in [1.29, 1.82) is 5.41 Å². The Morgan fingerprint density at radius 3 is 2.33 bits per heavy atom. The summed E-state index contributed by atoms with van der Waals surface area (Å²) in [5.74, 6) is 0.554. The molecular formula is C16H16N2O3. The number of benzene rings is 2. The molecule has 1 N–H and O–H groups in total. The molecule has 2 aromatic rings. The van der Waals surface area contributed by atoms with Crippen molar-refractivity contribution >= 4 is 11.6 Å². The van der Waals surface area contributed by atoms with Crippen LogP contribution in [0.4, 0.5) is 0 Å². The normalized spacial score (nSPS) is 10.0. The fourth-order valence-electron chi connectivity index (χ4n) is 1.73. The van der Waals surface area contributed by atoms with Crippen molar-refractivity contribution in [1.82, 2.24) is 5.06 Å². The minimum Gasteiger partial charge on any atom is -0.457 e. The maximum Gasteiger partial charge on any atom is 0.295 e. The molecule has 0 heterocycles. The molecule has 0 saturated heterocycles. The largest absolute Gasteiger partial charge is 0.457 e. The van der Waals surface area contributed by atoms with Gasteiger partial charge in [0.2, 0.25) is 0 Å². The van der Waals surface area contributed by atoms with E-state index >= 15 is 0 Å². The number of carbonyl (C=O) groups excluding carboxylic acids is 1. The zero-order valence-electron chi connectivity index (χ0n) is 11.9. The van der Waals surface area contributed by atoms with Gasteiger partial charge in [-0.15, -0.1) is 0 Å². The van der Waals surface area contributed by atoms with Crippen LogP contribution in [-0.4, -0.2) is 30.8 Å². The first-order valence-electron chi connectivity index (χ1n) is 6.36. The molecule has 21 heavy (non-hydrogen) atoms. The van der Waals surface area contributed by atoms with Gasteiger partial charge in [-0.1, -0.05) is 30.3 Å². The first kappa shape index (κ1) is 14.7. The van der Waals surface area contributed by atoms with Crippen LogP contribution in [0.2, 0.25) is 0 Å². The fraction of sp³-hybridized carbons (Fsp3) is 0.125. The quantitative estimate of drug-likeness (QED) is 0.678. The molecule has 0 unspecified atom stereocenters. The number of likely N-dealkylation sites (N-methyl/N-ethyl adjacent to an activating group) is 1. The van der Waals surface area contributed by atoms with Crippen molar-refractivity contribution < 1.29 is 14.4 Å². The van der Waals surface area contributed by atoms with Gasteiger partial charge < -0.3 is 4.74 Å². The highest BCUT2D eigenvalue weighted by molar-refractivity contribution is 6.44. The van der Waals surface area contributed by atoms with E-state index in [9.17, 15) is 4.79 Å². The van der Waals surface area contributed by atoms with Gasteiger partial charge in [0.25, 0.3) is 5.91 Å². The minimum absolute atomic E-state index is 0.189. The van der Waals surface area contributed by atoms with Crippen molar-refractivity contribution in [3.63, 3.8) is 0 Å². The number of nitrogens with one attached hydrogen (secondary N) is 1. The van der Waals surface area contributed by atoms with Crippen LogP contribution in [0.5, 0.6) is 11.5 Å². The number of ether oxygens (including phenoxy) is 1. The van der Waals surface area contributed by atoms with E-state index in [1.165, 1.54) is 14.2 Å². The van der Waals surface area contributed by atoms with Crippen LogP contribution < -0.4 is 4.74 Å². The molecule has 0 fully saturated rings. The van der Waals surface area contributed by atoms with Gasteiger partial charge in [0.05, 0.1) is 7.11 Å². The zero-order chi connectivity index (χ0) is 15.2. The summed E-state index contributed by atoms with van der Waals surface area (Å²) >= 11 is 0. The van der Waals surface area contributed by atoms with Crippen LogP contribution in [0.25, 0.3) is 0 Å². The molecule has 5 heteroatoms. The average Bonchev–Trinajstić information content (AvgIpc) is 2.54. The summed E-state index contributed by atoms with van der Waals surface area (Å²) in [6.45, 7) is 0. The van der Waals surface area contributed by atoms with Crippen LogP contribution in [0.15, 0.2) is 54.6 Å². The number of nitrogens with zero attached hydrogens (tertiary/aromatic N) is 1. The molecule has 0 saturated carbocycles. The maximum absolute atomic E-state index is 12.0. The Balaban J connectivity index is 2.29. The summed E-state index contributed by atoms with van der Waals surface area (Å²) in [6, 6.07) is 16.1. The smallest absolute Gasteiger partial charge is 0.295 e. The molecule has 0 spiro atoms. The van der Waals surface area contributed by atoms with E-state index in [2.05, 4.69) is 0 Å². The molecule has 0 radical (unpaired) electrons. The molecule has 5 nitrogen and oxygen atoms in total. The third-order valence-electron chi connectivity index (χ3n) is 2.90. The second-order valence-corrected chi connectivity index (χ2v) is 4.27. The third-order valence-corrected chi connectivity index (χ3v) is 2.90. The first-order valence-corrected chi connectivity index (χ1v) is 6.36. The molecule has 0 atom stereocenters. The molecule has 0 aliphatic heterocycles. The van der Waals surface area contributed by atoms with Crippen molar-refractivity contribution in [3.8, 4) is 11.5 Å². The molecule has 2 aromatic carbocycles. The van der Waals surface area contributed by atoms with Crippen LogP contribution in [0.3, 0.4) is 0 Å².